The third-order valence-corrected chi connectivity index (χ3v) is 4.86. The highest BCUT2D eigenvalue weighted by molar-refractivity contribution is 5.97. The molecular weight excluding hydrogens is 336 g/mol. The Morgan fingerprint density at radius 3 is 2.52 bits per heavy atom. The number of carbonyl (C=O) groups excluding carboxylic acids is 1. The number of methoxy groups -OCH3 is 1. The lowest BCUT2D eigenvalue weighted by Crippen LogP contribution is -2.32. The molecule has 4 heteroatoms. The van der Waals surface area contributed by atoms with Gasteiger partial charge in [-0.1, -0.05) is 43.3 Å². The Hall–Kier alpha value is -3.01. The van der Waals surface area contributed by atoms with Crippen molar-refractivity contribution < 1.29 is 9.53 Å². The van der Waals surface area contributed by atoms with Gasteiger partial charge < -0.3 is 14.6 Å². The summed E-state index contributed by atoms with van der Waals surface area (Å²) < 4.78 is 7.51. The quantitative estimate of drug-likeness (QED) is 0.671. The highest BCUT2D eigenvalue weighted by atomic mass is 16.5. The first-order valence-electron chi connectivity index (χ1n) is 9.28. The second-order valence-electron chi connectivity index (χ2n) is 6.71. The molecule has 1 atom stereocenters. The van der Waals surface area contributed by atoms with Gasteiger partial charge in [0.25, 0.3) is 5.91 Å². The smallest absolute Gasteiger partial charge is 0.253 e. The number of carbonyl (C=O) groups is 1. The Morgan fingerprint density at radius 2 is 1.85 bits per heavy atom. The van der Waals surface area contributed by atoms with Gasteiger partial charge >= 0.3 is 0 Å². The second-order valence-corrected chi connectivity index (χ2v) is 6.71. The van der Waals surface area contributed by atoms with Crippen molar-refractivity contribution in [3.8, 4) is 22.7 Å². The SMILES string of the molecule is CC[C@@H](C)NC(=O)c1cc(-c2ccccc2)n(-c2cccc(OC)c2)c1C. The van der Waals surface area contributed by atoms with Crippen molar-refractivity contribution in [2.75, 3.05) is 7.11 Å². The van der Waals surface area contributed by atoms with Gasteiger partial charge in [0.2, 0.25) is 0 Å². The third-order valence-electron chi connectivity index (χ3n) is 4.86. The zero-order valence-electron chi connectivity index (χ0n) is 16.3. The summed E-state index contributed by atoms with van der Waals surface area (Å²) in [5, 5.41) is 3.08. The number of nitrogens with zero attached hydrogens (tertiary/aromatic N) is 1. The van der Waals surface area contributed by atoms with Crippen LogP contribution in [-0.4, -0.2) is 23.6 Å². The van der Waals surface area contributed by atoms with Crippen LogP contribution >= 0.6 is 0 Å². The number of hydrogen-bond acceptors (Lipinski definition) is 2. The fraction of sp³-hybridized carbons (Fsp3) is 0.261. The molecule has 1 amide bonds. The molecule has 0 saturated carbocycles. The van der Waals surface area contributed by atoms with Gasteiger partial charge in [-0.3, -0.25) is 4.79 Å². The van der Waals surface area contributed by atoms with E-state index in [0.717, 1.165) is 34.8 Å². The Labute approximate surface area is 160 Å². The van der Waals surface area contributed by atoms with E-state index in [1.807, 2.05) is 62.4 Å². The summed E-state index contributed by atoms with van der Waals surface area (Å²) in [5.74, 6) is 0.742. The van der Waals surface area contributed by atoms with Crippen molar-refractivity contribution in [3.63, 3.8) is 0 Å². The molecule has 0 aliphatic heterocycles. The standard InChI is InChI=1S/C23H26N2O2/c1-5-16(2)24-23(26)21-15-22(18-10-7-6-8-11-18)25(17(21)3)19-12-9-13-20(14-19)27-4/h6-16H,5H2,1-4H3,(H,24,26)/t16-/m1/s1. The molecule has 1 aromatic heterocycles. The van der Waals surface area contributed by atoms with E-state index >= 15 is 0 Å². The molecular formula is C23H26N2O2. The Bertz CT molecular complexity index is 929. The normalized spacial score (nSPS) is 11.9. The number of aromatic nitrogens is 1. The summed E-state index contributed by atoms with van der Waals surface area (Å²) in [7, 11) is 1.66. The fourth-order valence-corrected chi connectivity index (χ4v) is 3.14. The minimum Gasteiger partial charge on any atom is -0.497 e. The number of rotatable bonds is 6. The molecule has 0 spiro atoms. The summed E-state index contributed by atoms with van der Waals surface area (Å²) >= 11 is 0. The molecule has 0 bridgehead atoms. The lowest BCUT2D eigenvalue weighted by Gasteiger charge is -2.14. The van der Waals surface area contributed by atoms with Gasteiger partial charge in [-0.25, -0.2) is 0 Å². The topological polar surface area (TPSA) is 43.3 Å². The number of nitrogens with one attached hydrogen (secondary N) is 1. The molecule has 1 heterocycles. The molecule has 0 aliphatic rings. The maximum absolute atomic E-state index is 12.8. The predicted octanol–water partition coefficient (Wildman–Crippen LogP) is 4.99. The van der Waals surface area contributed by atoms with Gasteiger partial charge in [0.15, 0.2) is 0 Å². The predicted molar refractivity (Wildman–Crippen MR) is 110 cm³/mol. The minimum atomic E-state index is -0.0410. The minimum absolute atomic E-state index is 0.0410. The third kappa shape index (κ3) is 3.90. The molecule has 1 N–H and O–H groups in total. The average Bonchev–Trinajstić information content (AvgIpc) is 3.05. The number of ether oxygens (including phenoxy) is 1. The molecule has 27 heavy (non-hydrogen) atoms. The van der Waals surface area contributed by atoms with Crippen LogP contribution in [0.25, 0.3) is 16.9 Å². The zero-order valence-corrected chi connectivity index (χ0v) is 16.3. The van der Waals surface area contributed by atoms with Crippen LogP contribution in [0.5, 0.6) is 5.75 Å². The second kappa shape index (κ2) is 8.12. The molecule has 0 unspecified atom stereocenters. The van der Waals surface area contributed by atoms with Gasteiger partial charge in [0.05, 0.1) is 18.4 Å². The van der Waals surface area contributed by atoms with Crippen molar-refractivity contribution in [2.45, 2.75) is 33.2 Å². The Balaban J connectivity index is 2.16. The summed E-state index contributed by atoms with van der Waals surface area (Å²) in [6.45, 7) is 6.07. The maximum atomic E-state index is 12.8. The highest BCUT2D eigenvalue weighted by Crippen LogP contribution is 2.30. The fourth-order valence-electron chi connectivity index (χ4n) is 3.14. The van der Waals surface area contributed by atoms with E-state index in [1.54, 1.807) is 7.11 Å². The Kier molecular flexibility index (Phi) is 5.65. The summed E-state index contributed by atoms with van der Waals surface area (Å²) in [6.07, 6.45) is 0.896. The van der Waals surface area contributed by atoms with Crippen LogP contribution in [0.3, 0.4) is 0 Å². The van der Waals surface area contributed by atoms with E-state index in [-0.39, 0.29) is 11.9 Å². The lowest BCUT2D eigenvalue weighted by molar-refractivity contribution is 0.0938. The van der Waals surface area contributed by atoms with Crippen LogP contribution < -0.4 is 10.1 Å². The lowest BCUT2D eigenvalue weighted by atomic mass is 10.1. The van der Waals surface area contributed by atoms with Crippen molar-refractivity contribution in [2.24, 2.45) is 0 Å². The van der Waals surface area contributed by atoms with E-state index in [2.05, 4.69) is 28.9 Å². The van der Waals surface area contributed by atoms with Crippen LogP contribution in [0.4, 0.5) is 0 Å². The van der Waals surface area contributed by atoms with Crippen LogP contribution in [0.2, 0.25) is 0 Å². The number of amides is 1. The van der Waals surface area contributed by atoms with Crippen LogP contribution in [0.15, 0.2) is 60.7 Å². The summed E-state index contributed by atoms with van der Waals surface area (Å²) in [6, 6.07) is 20.1. The summed E-state index contributed by atoms with van der Waals surface area (Å²) in [5.41, 5.74) is 4.61. The average molecular weight is 362 g/mol. The molecule has 0 radical (unpaired) electrons. The van der Waals surface area contributed by atoms with E-state index in [1.165, 1.54) is 0 Å². The highest BCUT2D eigenvalue weighted by Gasteiger charge is 2.20. The first-order valence-corrected chi connectivity index (χ1v) is 9.28. The van der Waals surface area contributed by atoms with Crippen LogP contribution in [0, 0.1) is 6.92 Å². The first kappa shape index (κ1) is 18.8. The van der Waals surface area contributed by atoms with Crippen LogP contribution in [0.1, 0.15) is 36.3 Å². The van der Waals surface area contributed by atoms with E-state index in [4.69, 9.17) is 4.74 Å². The van der Waals surface area contributed by atoms with Crippen LogP contribution in [-0.2, 0) is 0 Å². The molecule has 0 aliphatic carbocycles. The largest absolute Gasteiger partial charge is 0.497 e. The first-order chi connectivity index (χ1) is 13.0. The monoisotopic (exact) mass is 362 g/mol. The van der Waals surface area contributed by atoms with Crippen molar-refractivity contribution in [1.82, 2.24) is 9.88 Å². The van der Waals surface area contributed by atoms with E-state index in [9.17, 15) is 4.79 Å². The van der Waals surface area contributed by atoms with Gasteiger partial charge in [-0.15, -0.1) is 0 Å². The van der Waals surface area contributed by atoms with Crippen molar-refractivity contribution >= 4 is 5.91 Å². The molecule has 3 aromatic rings. The van der Waals surface area contributed by atoms with Crippen molar-refractivity contribution in [1.29, 1.82) is 0 Å². The summed E-state index contributed by atoms with van der Waals surface area (Å²) in [4.78, 5) is 12.8. The van der Waals surface area contributed by atoms with Gasteiger partial charge in [-0.05, 0) is 44.0 Å². The number of hydrogen-bond donors (Lipinski definition) is 1. The molecule has 0 fully saturated rings. The Morgan fingerprint density at radius 1 is 1.11 bits per heavy atom. The van der Waals surface area contributed by atoms with Gasteiger partial charge in [0.1, 0.15) is 5.75 Å². The molecule has 140 valence electrons. The zero-order chi connectivity index (χ0) is 19.4. The molecule has 0 saturated heterocycles. The van der Waals surface area contributed by atoms with Gasteiger partial charge in [0, 0.05) is 23.5 Å². The molecule has 2 aromatic carbocycles. The van der Waals surface area contributed by atoms with Gasteiger partial charge in [-0.2, -0.15) is 0 Å². The molecule has 4 nitrogen and oxygen atoms in total. The maximum Gasteiger partial charge on any atom is 0.253 e. The van der Waals surface area contributed by atoms with E-state index < -0.39 is 0 Å². The molecule has 3 rings (SSSR count). The van der Waals surface area contributed by atoms with Crippen molar-refractivity contribution in [3.05, 3.63) is 71.9 Å². The number of benzene rings is 2. The van der Waals surface area contributed by atoms with E-state index in [0.29, 0.717) is 5.56 Å².